The van der Waals surface area contributed by atoms with Crippen LogP contribution in [0.3, 0.4) is 0 Å². The number of carbonyl (C=O) groups is 3. The summed E-state index contributed by atoms with van der Waals surface area (Å²) in [4.78, 5) is 37.1. The molecule has 1 rings (SSSR count). The molecule has 1 aromatic rings. The molecule has 104 valence electrons. The van der Waals surface area contributed by atoms with Gasteiger partial charge < -0.3 is 21.9 Å². The number of primary amides is 1. The Bertz CT molecular complexity index is 514. The molecular weight excluding hydrogens is 272 g/mol. The van der Waals surface area contributed by atoms with E-state index in [9.17, 15) is 14.4 Å². The summed E-state index contributed by atoms with van der Waals surface area (Å²) in [6.07, 6.45) is -0.247. The standard InChI is InChI=1S/C10H14N4O4S/c1-4-8(10(17)18)19-7(14-4)3-13-9(16)5(11)2-6(12)15/h5H,2-3,11H2,1H3,(H2,12,15)(H,13,16)(H,17,18). The van der Waals surface area contributed by atoms with E-state index < -0.39 is 23.8 Å². The van der Waals surface area contributed by atoms with Crippen LogP contribution in [-0.4, -0.2) is 33.9 Å². The Morgan fingerprint density at radius 2 is 2.11 bits per heavy atom. The Hall–Kier alpha value is -2.00. The summed E-state index contributed by atoms with van der Waals surface area (Å²) in [6.45, 7) is 1.63. The van der Waals surface area contributed by atoms with Gasteiger partial charge in [0.2, 0.25) is 11.8 Å². The van der Waals surface area contributed by atoms with Crippen molar-refractivity contribution in [1.82, 2.24) is 10.3 Å². The Kier molecular flexibility index (Phi) is 4.95. The molecule has 0 aliphatic rings. The minimum atomic E-state index is -1.06. The maximum absolute atomic E-state index is 11.5. The van der Waals surface area contributed by atoms with Gasteiger partial charge in [-0.1, -0.05) is 0 Å². The molecule has 0 radical (unpaired) electrons. The molecular formula is C10H14N4O4S. The highest BCUT2D eigenvalue weighted by Crippen LogP contribution is 2.17. The Morgan fingerprint density at radius 3 is 2.58 bits per heavy atom. The van der Waals surface area contributed by atoms with E-state index in [1.165, 1.54) is 0 Å². The molecule has 0 fully saturated rings. The van der Waals surface area contributed by atoms with E-state index in [4.69, 9.17) is 16.6 Å². The van der Waals surface area contributed by atoms with E-state index in [0.717, 1.165) is 11.3 Å². The highest BCUT2D eigenvalue weighted by Gasteiger charge is 2.17. The Balaban J connectivity index is 2.57. The molecule has 0 aliphatic heterocycles. The van der Waals surface area contributed by atoms with E-state index >= 15 is 0 Å². The van der Waals surface area contributed by atoms with Crippen molar-refractivity contribution < 1.29 is 19.5 Å². The number of nitrogens with two attached hydrogens (primary N) is 2. The highest BCUT2D eigenvalue weighted by atomic mass is 32.1. The van der Waals surface area contributed by atoms with Crippen LogP contribution >= 0.6 is 11.3 Å². The first-order chi connectivity index (χ1) is 8.81. The molecule has 19 heavy (non-hydrogen) atoms. The van der Waals surface area contributed by atoms with Gasteiger partial charge in [0.05, 0.1) is 24.7 Å². The summed E-state index contributed by atoms with van der Waals surface area (Å²) in [6, 6.07) is -1.02. The number of carboxylic acid groups (broad SMARTS) is 1. The van der Waals surface area contributed by atoms with E-state index in [2.05, 4.69) is 10.3 Å². The highest BCUT2D eigenvalue weighted by molar-refractivity contribution is 7.13. The average molecular weight is 286 g/mol. The van der Waals surface area contributed by atoms with Crippen LogP contribution in [0.5, 0.6) is 0 Å². The second kappa shape index (κ2) is 6.25. The second-order valence-electron chi connectivity index (χ2n) is 3.82. The zero-order valence-electron chi connectivity index (χ0n) is 10.2. The molecule has 6 N–H and O–H groups in total. The molecule has 1 atom stereocenters. The number of hydrogen-bond acceptors (Lipinski definition) is 6. The van der Waals surface area contributed by atoms with Crippen LogP contribution in [0.2, 0.25) is 0 Å². The maximum atomic E-state index is 11.5. The van der Waals surface area contributed by atoms with Crippen molar-refractivity contribution in [2.75, 3.05) is 0 Å². The van der Waals surface area contributed by atoms with Crippen molar-refractivity contribution in [3.63, 3.8) is 0 Å². The lowest BCUT2D eigenvalue weighted by atomic mass is 10.2. The van der Waals surface area contributed by atoms with Gasteiger partial charge in [0, 0.05) is 0 Å². The van der Waals surface area contributed by atoms with Crippen LogP contribution in [-0.2, 0) is 16.1 Å². The maximum Gasteiger partial charge on any atom is 0.347 e. The summed E-state index contributed by atoms with van der Waals surface area (Å²) in [5.74, 6) is -2.26. The summed E-state index contributed by atoms with van der Waals surface area (Å²) < 4.78 is 0. The summed E-state index contributed by atoms with van der Waals surface area (Å²) >= 11 is 0.977. The quantitative estimate of drug-likeness (QED) is 0.525. The van der Waals surface area contributed by atoms with E-state index in [-0.39, 0.29) is 17.8 Å². The zero-order valence-corrected chi connectivity index (χ0v) is 11.0. The molecule has 0 spiro atoms. The molecule has 0 bridgehead atoms. The predicted octanol–water partition coefficient (Wildman–Crippen LogP) is -1.03. The molecule has 0 saturated carbocycles. The third-order valence-corrected chi connectivity index (χ3v) is 3.35. The number of carbonyl (C=O) groups excluding carboxylic acids is 2. The normalized spacial score (nSPS) is 11.9. The van der Waals surface area contributed by atoms with Crippen molar-refractivity contribution in [1.29, 1.82) is 0 Å². The van der Waals surface area contributed by atoms with Crippen LogP contribution in [0.4, 0.5) is 0 Å². The molecule has 1 aromatic heterocycles. The van der Waals surface area contributed by atoms with E-state index in [1.807, 2.05) is 0 Å². The number of amides is 2. The molecule has 1 heterocycles. The number of rotatable bonds is 6. The monoisotopic (exact) mass is 286 g/mol. The fourth-order valence-corrected chi connectivity index (χ4v) is 2.17. The number of aromatic carboxylic acids is 1. The van der Waals surface area contributed by atoms with Crippen molar-refractivity contribution in [2.24, 2.45) is 11.5 Å². The SMILES string of the molecule is Cc1nc(CNC(=O)C(N)CC(N)=O)sc1C(=O)O. The van der Waals surface area contributed by atoms with Crippen molar-refractivity contribution in [3.8, 4) is 0 Å². The number of nitrogens with one attached hydrogen (secondary N) is 1. The lowest BCUT2D eigenvalue weighted by Gasteiger charge is -2.08. The van der Waals surface area contributed by atoms with Gasteiger partial charge in [-0.2, -0.15) is 0 Å². The third-order valence-electron chi connectivity index (χ3n) is 2.21. The minimum Gasteiger partial charge on any atom is -0.477 e. The largest absolute Gasteiger partial charge is 0.477 e. The topological polar surface area (TPSA) is 148 Å². The molecule has 0 aromatic carbocycles. The van der Waals surface area contributed by atoms with Crippen molar-refractivity contribution in [3.05, 3.63) is 15.6 Å². The summed E-state index contributed by atoms with van der Waals surface area (Å²) in [7, 11) is 0. The molecule has 9 heteroatoms. The van der Waals surface area contributed by atoms with Gasteiger partial charge >= 0.3 is 5.97 Å². The zero-order chi connectivity index (χ0) is 14.6. The number of carboxylic acids is 1. The van der Waals surface area contributed by atoms with Crippen LogP contribution in [0.1, 0.15) is 26.8 Å². The number of aryl methyl sites for hydroxylation is 1. The van der Waals surface area contributed by atoms with Gasteiger partial charge in [-0.25, -0.2) is 9.78 Å². The first-order valence-corrected chi connectivity index (χ1v) is 6.14. The minimum absolute atomic E-state index is 0.0596. The fourth-order valence-electron chi connectivity index (χ4n) is 1.33. The van der Waals surface area contributed by atoms with E-state index in [1.54, 1.807) is 6.92 Å². The molecule has 0 saturated heterocycles. The van der Waals surface area contributed by atoms with Gasteiger partial charge in [0.1, 0.15) is 9.88 Å². The third kappa shape index (κ3) is 4.30. The first-order valence-electron chi connectivity index (χ1n) is 5.32. The number of hydrogen-bond donors (Lipinski definition) is 4. The van der Waals surface area contributed by atoms with Gasteiger partial charge in [0.15, 0.2) is 0 Å². The van der Waals surface area contributed by atoms with Gasteiger partial charge in [-0.05, 0) is 6.92 Å². The van der Waals surface area contributed by atoms with Crippen LogP contribution in [0.15, 0.2) is 0 Å². The number of thiazole rings is 1. The van der Waals surface area contributed by atoms with Crippen molar-refractivity contribution in [2.45, 2.75) is 25.9 Å². The number of aromatic nitrogens is 1. The lowest BCUT2D eigenvalue weighted by Crippen LogP contribution is -2.42. The average Bonchev–Trinajstić information content (AvgIpc) is 2.66. The molecule has 1 unspecified atom stereocenters. The summed E-state index contributed by atoms with van der Waals surface area (Å²) in [5.41, 5.74) is 10.8. The smallest absolute Gasteiger partial charge is 0.347 e. The van der Waals surface area contributed by atoms with Gasteiger partial charge in [0.25, 0.3) is 0 Å². The second-order valence-corrected chi connectivity index (χ2v) is 4.91. The Labute approximate surface area is 112 Å². The van der Waals surface area contributed by atoms with Crippen molar-refractivity contribution >= 4 is 29.1 Å². The Morgan fingerprint density at radius 1 is 1.47 bits per heavy atom. The van der Waals surface area contributed by atoms with Crippen LogP contribution in [0, 0.1) is 6.92 Å². The van der Waals surface area contributed by atoms with E-state index in [0.29, 0.717) is 10.7 Å². The molecule has 0 aliphatic carbocycles. The van der Waals surface area contributed by atoms with Crippen LogP contribution < -0.4 is 16.8 Å². The number of nitrogens with zero attached hydrogens (tertiary/aromatic N) is 1. The lowest BCUT2D eigenvalue weighted by molar-refractivity contribution is -0.126. The predicted molar refractivity (Wildman–Crippen MR) is 67.4 cm³/mol. The summed E-state index contributed by atoms with van der Waals surface area (Å²) in [5, 5.41) is 11.8. The molecule has 8 nitrogen and oxygen atoms in total. The molecule has 2 amide bonds. The van der Waals surface area contributed by atoms with Gasteiger partial charge in [-0.3, -0.25) is 9.59 Å². The van der Waals surface area contributed by atoms with Gasteiger partial charge in [-0.15, -0.1) is 11.3 Å². The fraction of sp³-hybridized carbons (Fsp3) is 0.400. The van der Waals surface area contributed by atoms with Crippen LogP contribution in [0.25, 0.3) is 0 Å². The first kappa shape index (κ1) is 15.1.